The van der Waals surface area contributed by atoms with Crippen molar-refractivity contribution in [3.05, 3.63) is 33.8 Å². The topological polar surface area (TPSA) is 49.4 Å². The summed E-state index contributed by atoms with van der Waals surface area (Å²) in [5, 5.41) is 3.48. The van der Waals surface area contributed by atoms with Gasteiger partial charge in [-0.25, -0.2) is 0 Å². The van der Waals surface area contributed by atoms with Crippen molar-refractivity contribution in [3.63, 3.8) is 0 Å². The molecule has 1 fully saturated rings. The first kappa shape index (κ1) is 16.1. The monoisotopic (exact) mass is 328 g/mol. The van der Waals surface area contributed by atoms with E-state index in [1.54, 1.807) is 17.9 Å². The Hall–Kier alpha value is -1.26. The van der Waals surface area contributed by atoms with Crippen LogP contribution in [0.3, 0.4) is 0 Å². The fourth-order valence-electron chi connectivity index (χ4n) is 2.41. The molecule has 1 aliphatic rings. The Morgan fingerprint density at radius 1 is 1.10 bits per heavy atom. The van der Waals surface area contributed by atoms with E-state index in [-0.39, 0.29) is 11.8 Å². The van der Waals surface area contributed by atoms with Gasteiger partial charge in [-0.3, -0.25) is 9.59 Å². The number of benzene rings is 1. The summed E-state index contributed by atoms with van der Waals surface area (Å²) in [5.74, 6) is -0.395. The van der Waals surface area contributed by atoms with Crippen LogP contribution in [0.2, 0.25) is 10.0 Å². The SMILES string of the molecule is CC(NC(=O)c1cc(Cl)cc(Cl)c1)C(=O)N1CCCCC1. The van der Waals surface area contributed by atoms with Crippen molar-refractivity contribution in [1.29, 1.82) is 0 Å². The third-order valence-corrected chi connectivity index (χ3v) is 3.95. The van der Waals surface area contributed by atoms with Gasteiger partial charge in [0.25, 0.3) is 5.91 Å². The molecule has 0 saturated carbocycles. The highest BCUT2D eigenvalue weighted by molar-refractivity contribution is 6.35. The van der Waals surface area contributed by atoms with E-state index in [9.17, 15) is 9.59 Å². The van der Waals surface area contributed by atoms with Crippen molar-refractivity contribution >= 4 is 35.0 Å². The average molecular weight is 329 g/mol. The summed E-state index contributed by atoms with van der Waals surface area (Å²) in [6.45, 7) is 3.23. The van der Waals surface area contributed by atoms with Crippen LogP contribution in [0.5, 0.6) is 0 Å². The minimum atomic E-state index is -0.562. The van der Waals surface area contributed by atoms with Gasteiger partial charge in [-0.2, -0.15) is 0 Å². The molecule has 114 valence electrons. The maximum absolute atomic E-state index is 12.3. The lowest BCUT2D eigenvalue weighted by Gasteiger charge is -2.29. The van der Waals surface area contributed by atoms with Crippen LogP contribution < -0.4 is 5.32 Å². The Balaban J connectivity index is 1.99. The zero-order valence-corrected chi connectivity index (χ0v) is 13.4. The first-order valence-electron chi connectivity index (χ1n) is 7.03. The van der Waals surface area contributed by atoms with Crippen molar-refractivity contribution in [1.82, 2.24) is 10.2 Å². The minimum Gasteiger partial charge on any atom is -0.341 e. The highest BCUT2D eigenvalue weighted by atomic mass is 35.5. The molecule has 2 amide bonds. The molecule has 1 heterocycles. The quantitative estimate of drug-likeness (QED) is 0.926. The van der Waals surface area contributed by atoms with Crippen molar-refractivity contribution in [2.24, 2.45) is 0 Å². The van der Waals surface area contributed by atoms with Crippen LogP contribution in [0.1, 0.15) is 36.5 Å². The van der Waals surface area contributed by atoms with E-state index < -0.39 is 6.04 Å². The van der Waals surface area contributed by atoms with Crippen LogP contribution in [0, 0.1) is 0 Å². The summed E-state index contributed by atoms with van der Waals surface area (Å²) in [6, 6.07) is 4.05. The summed E-state index contributed by atoms with van der Waals surface area (Å²) in [4.78, 5) is 26.2. The number of likely N-dealkylation sites (tertiary alicyclic amines) is 1. The lowest BCUT2D eigenvalue weighted by molar-refractivity contribution is -0.133. The lowest BCUT2D eigenvalue weighted by Crippen LogP contribution is -2.48. The highest BCUT2D eigenvalue weighted by Crippen LogP contribution is 2.19. The van der Waals surface area contributed by atoms with E-state index in [4.69, 9.17) is 23.2 Å². The standard InChI is InChI=1S/C15H18Cl2N2O2/c1-10(15(21)19-5-3-2-4-6-19)18-14(20)11-7-12(16)9-13(17)8-11/h7-10H,2-6H2,1H3,(H,18,20). The Morgan fingerprint density at radius 3 is 2.24 bits per heavy atom. The maximum atomic E-state index is 12.3. The number of amides is 2. The molecule has 1 N–H and O–H groups in total. The van der Waals surface area contributed by atoms with Gasteiger partial charge in [-0.05, 0) is 44.4 Å². The van der Waals surface area contributed by atoms with Gasteiger partial charge >= 0.3 is 0 Å². The summed E-state index contributed by atoms with van der Waals surface area (Å²) < 4.78 is 0. The number of hydrogen-bond acceptors (Lipinski definition) is 2. The average Bonchev–Trinajstić information content (AvgIpc) is 2.46. The van der Waals surface area contributed by atoms with Crippen LogP contribution in [0.25, 0.3) is 0 Å². The van der Waals surface area contributed by atoms with Crippen LogP contribution in [0.15, 0.2) is 18.2 Å². The van der Waals surface area contributed by atoms with Gasteiger partial charge in [-0.15, -0.1) is 0 Å². The van der Waals surface area contributed by atoms with Gasteiger partial charge in [-0.1, -0.05) is 23.2 Å². The molecule has 1 aliphatic heterocycles. The Kier molecular flexibility index (Phi) is 5.48. The predicted molar refractivity (Wildman–Crippen MR) is 83.8 cm³/mol. The first-order chi connectivity index (χ1) is 9.97. The molecule has 1 aromatic carbocycles. The summed E-state index contributed by atoms with van der Waals surface area (Å²) in [6.07, 6.45) is 3.21. The fraction of sp³-hybridized carbons (Fsp3) is 0.467. The molecule has 0 aliphatic carbocycles. The van der Waals surface area contributed by atoms with Gasteiger partial charge in [0, 0.05) is 28.7 Å². The number of piperidine rings is 1. The molecular formula is C15H18Cl2N2O2. The van der Waals surface area contributed by atoms with E-state index in [0.717, 1.165) is 32.4 Å². The lowest BCUT2D eigenvalue weighted by atomic mass is 10.1. The zero-order chi connectivity index (χ0) is 15.4. The smallest absolute Gasteiger partial charge is 0.252 e. The van der Waals surface area contributed by atoms with E-state index >= 15 is 0 Å². The van der Waals surface area contributed by atoms with Gasteiger partial charge in [0.15, 0.2) is 0 Å². The number of nitrogens with one attached hydrogen (secondary N) is 1. The van der Waals surface area contributed by atoms with Crippen molar-refractivity contribution < 1.29 is 9.59 Å². The largest absolute Gasteiger partial charge is 0.341 e. The molecule has 2 rings (SSSR count). The first-order valence-corrected chi connectivity index (χ1v) is 7.78. The molecule has 1 saturated heterocycles. The zero-order valence-electron chi connectivity index (χ0n) is 11.9. The minimum absolute atomic E-state index is 0.0452. The number of carbonyl (C=O) groups excluding carboxylic acids is 2. The van der Waals surface area contributed by atoms with Gasteiger partial charge in [0.2, 0.25) is 5.91 Å². The van der Waals surface area contributed by atoms with Gasteiger partial charge in [0.05, 0.1) is 0 Å². The fourth-order valence-corrected chi connectivity index (χ4v) is 2.94. The molecule has 0 aromatic heterocycles. The Labute approximate surface area is 134 Å². The second-order valence-electron chi connectivity index (χ2n) is 5.24. The molecule has 21 heavy (non-hydrogen) atoms. The molecule has 0 radical (unpaired) electrons. The van der Waals surface area contributed by atoms with Crippen LogP contribution in [-0.4, -0.2) is 35.8 Å². The van der Waals surface area contributed by atoms with Crippen molar-refractivity contribution in [2.75, 3.05) is 13.1 Å². The van der Waals surface area contributed by atoms with Crippen LogP contribution >= 0.6 is 23.2 Å². The number of nitrogens with zero attached hydrogens (tertiary/aromatic N) is 1. The number of hydrogen-bond donors (Lipinski definition) is 1. The molecule has 0 spiro atoms. The molecule has 0 bridgehead atoms. The summed E-state index contributed by atoms with van der Waals surface area (Å²) in [5.41, 5.74) is 0.353. The summed E-state index contributed by atoms with van der Waals surface area (Å²) in [7, 11) is 0. The van der Waals surface area contributed by atoms with Gasteiger partial charge < -0.3 is 10.2 Å². The molecule has 1 aromatic rings. The highest BCUT2D eigenvalue weighted by Gasteiger charge is 2.23. The molecule has 1 unspecified atom stereocenters. The molecular weight excluding hydrogens is 311 g/mol. The van der Waals surface area contributed by atoms with E-state index in [2.05, 4.69) is 5.32 Å². The second kappa shape index (κ2) is 7.14. The molecule has 4 nitrogen and oxygen atoms in total. The Morgan fingerprint density at radius 2 is 1.67 bits per heavy atom. The summed E-state index contributed by atoms with van der Waals surface area (Å²) >= 11 is 11.8. The predicted octanol–water partition coefficient (Wildman–Crippen LogP) is 3.12. The number of halogens is 2. The third-order valence-electron chi connectivity index (χ3n) is 3.51. The maximum Gasteiger partial charge on any atom is 0.252 e. The number of rotatable bonds is 3. The third kappa shape index (κ3) is 4.35. The van der Waals surface area contributed by atoms with Crippen molar-refractivity contribution in [3.8, 4) is 0 Å². The van der Waals surface area contributed by atoms with Crippen molar-refractivity contribution in [2.45, 2.75) is 32.2 Å². The van der Waals surface area contributed by atoms with Gasteiger partial charge in [0.1, 0.15) is 6.04 Å². The van der Waals surface area contributed by atoms with E-state index in [0.29, 0.717) is 15.6 Å². The van der Waals surface area contributed by atoms with Crippen LogP contribution in [0.4, 0.5) is 0 Å². The van der Waals surface area contributed by atoms with E-state index in [1.165, 1.54) is 12.1 Å². The molecule has 1 atom stereocenters. The molecule has 6 heteroatoms. The van der Waals surface area contributed by atoms with E-state index in [1.807, 2.05) is 0 Å². The van der Waals surface area contributed by atoms with Crippen LogP contribution in [-0.2, 0) is 4.79 Å². The number of carbonyl (C=O) groups is 2. The second-order valence-corrected chi connectivity index (χ2v) is 6.11. The normalized spacial score (nSPS) is 16.4. The Bertz CT molecular complexity index is 522.